The van der Waals surface area contributed by atoms with Crippen molar-refractivity contribution in [2.75, 3.05) is 4.90 Å². The van der Waals surface area contributed by atoms with Gasteiger partial charge >= 0.3 is 0 Å². The first-order valence-corrected chi connectivity index (χ1v) is 7.83. The van der Waals surface area contributed by atoms with Crippen LogP contribution in [0.3, 0.4) is 0 Å². The van der Waals surface area contributed by atoms with Crippen LogP contribution >= 0.6 is 0 Å². The van der Waals surface area contributed by atoms with Crippen LogP contribution in [0.2, 0.25) is 0 Å². The van der Waals surface area contributed by atoms with Crippen molar-refractivity contribution >= 4 is 11.4 Å². The molecule has 0 aliphatic rings. The summed E-state index contributed by atoms with van der Waals surface area (Å²) in [5.74, 6) is 0. The summed E-state index contributed by atoms with van der Waals surface area (Å²) < 4.78 is 0. The Morgan fingerprint density at radius 1 is 0.727 bits per heavy atom. The minimum absolute atomic E-state index is 0. The molecule has 0 unspecified atom stereocenters. The molecule has 0 amide bonds. The van der Waals surface area contributed by atoms with Gasteiger partial charge in [0.25, 0.3) is 0 Å². The Balaban J connectivity index is 0. The van der Waals surface area contributed by atoms with Crippen LogP contribution in [0.15, 0.2) is 48.5 Å². The fourth-order valence-corrected chi connectivity index (χ4v) is 1.90. The smallest absolute Gasteiger partial charge is 0.0322 e. The standard InChI is InChI=1S/C16H17N.2C2H6.Y/c1-16(2,3)17(14-10-6-4-7-11-14)15-12-8-5-9-13-15;2*1-2;/h4-10,12H,1-3H3;2*1-2H3;/q-2;;;. The minimum atomic E-state index is -0.00426. The molecule has 1 nitrogen and oxygen atoms in total. The largest absolute Gasteiger partial charge is 0.383 e. The van der Waals surface area contributed by atoms with Crippen LogP contribution in [0.25, 0.3) is 0 Å². The summed E-state index contributed by atoms with van der Waals surface area (Å²) in [5.41, 5.74) is 2.14. The molecule has 0 aliphatic heterocycles. The van der Waals surface area contributed by atoms with Crippen molar-refractivity contribution in [1.29, 1.82) is 0 Å². The molecule has 0 atom stereocenters. The molecular weight excluding hydrogens is 343 g/mol. The van der Waals surface area contributed by atoms with E-state index in [1.54, 1.807) is 0 Å². The number of hydrogen-bond donors (Lipinski definition) is 0. The Labute approximate surface area is 163 Å². The topological polar surface area (TPSA) is 3.24 Å². The second kappa shape index (κ2) is 12.8. The second-order valence-electron chi connectivity index (χ2n) is 5.00. The van der Waals surface area contributed by atoms with Gasteiger partial charge in [0.05, 0.1) is 0 Å². The summed E-state index contributed by atoms with van der Waals surface area (Å²) in [4.78, 5) is 2.24. The zero-order valence-electron chi connectivity index (χ0n) is 15.1. The van der Waals surface area contributed by atoms with E-state index in [9.17, 15) is 0 Å². The van der Waals surface area contributed by atoms with Crippen molar-refractivity contribution in [1.82, 2.24) is 0 Å². The fraction of sp³-hybridized carbons (Fsp3) is 0.400. The van der Waals surface area contributed by atoms with E-state index in [0.29, 0.717) is 0 Å². The molecule has 2 aromatic rings. The van der Waals surface area contributed by atoms with Crippen molar-refractivity contribution < 1.29 is 32.7 Å². The Morgan fingerprint density at radius 3 is 1.32 bits per heavy atom. The van der Waals surface area contributed by atoms with E-state index in [1.807, 2.05) is 64.1 Å². The van der Waals surface area contributed by atoms with Crippen LogP contribution in [-0.4, -0.2) is 5.54 Å². The van der Waals surface area contributed by atoms with Crippen LogP contribution in [0.4, 0.5) is 11.4 Å². The fourth-order valence-electron chi connectivity index (χ4n) is 1.90. The summed E-state index contributed by atoms with van der Waals surface area (Å²) in [6.07, 6.45) is 0. The normalized spacial score (nSPS) is 9.23. The molecule has 1 radical (unpaired) electrons. The zero-order chi connectivity index (χ0) is 16.3. The van der Waals surface area contributed by atoms with Crippen molar-refractivity contribution in [2.45, 2.75) is 54.0 Å². The van der Waals surface area contributed by atoms with Gasteiger partial charge in [-0.2, -0.15) is 48.5 Å². The van der Waals surface area contributed by atoms with Gasteiger partial charge in [0.1, 0.15) is 0 Å². The Bertz CT molecular complexity index is 421. The van der Waals surface area contributed by atoms with Crippen LogP contribution in [0, 0.1) is 12.1 Å². The molecule has 0 aliphatic carbocycles. The molecule has 0 spiro atoms. The van der Waals surface area contributed by atoms with Crippen molar-refractivity contribution in [3.63, 3.8) is 0 Å². The Morgan fingerprint density at radius 2 is 1.09 bits per heavy atom. The zero-order valence-corrected chi connectivity index (χ0v) is 18.0. The average molecular weight is 372 g/mol. The first-order valence-electron chi connectivity index (χ1n) is 7.83. The first-order chi connectivity index (χ1) is 10.1. The molecule has 2 heteroatoms. The summed E-state index contributed by atoms with van der Waals surface area (Å²) in [7, 11) is 0. The maximum absolute atomic E-state index is 3.28. The molecule has 2 rings (SSSR count). The van der Waals surface area contributed by atoms with Crippen LogP contribution in [0.1, 0.15) is 48.5 Å². The number of para-hydroxylation sites is 2. The number of rotatable bonds is 2. The molecule has 0 aromatic heterocycles. The third-order valence-corrected chi connectivity index (χ3v) is 2.54. The van der Waals surface area contributed by atoms with E-state index in [-0.39, 0.29) is 38.2 Å². The summed E-state index contributed by atoms with van der Waals surface area (Å²) in [5, 5.41) is 0. The van der Waals surface area contributed by atoms with Gasteiger partial charge in [-0.25, -0.2) is 0 Å². The molecule has 2 aromatic carbocycles. The SMILES string of the molecule is CC.CC.CC(C)(C)N(c1[c-]cccc1)c1[c-]cccc1.[Y]. The van der Waals surface area contributed by atoms with Gasteiger partial charge in [-0.15, -0.1) is 12.1 Å². The second-order valence-corrected chi connectivity index (χ2v) is 5.00. The van der Waals surface area contributed by atoms with Crippen molar-refractivity contribution in [2.24, 2.45) is 0 Å². The Hall–Kier alpha value is -0.656. The molecule has 0 heterocycles. The number of benzene rings is 2. The molecular formula is C20H29NY-2. The number of nitrogens with zero attached hydrogens (tertiary/aromatic N) is 1. The molecule has 0 bridgehead atoms. The van der Waals surface area contributed by atoms with Gasteiger partial charge < -0.3 is 4.90 Å². The summed E-state index contributed by atoms with van der Waals surface area (Å²) in [6, 6.07) is 22.6. The molecule has 0 N–H and O–H groups in total. The van der Waals surface area contributed by atoms with Crippen molar-refractivity contribution in [3.05, 3.63) is 60.7 Å². The van der Waals surface area contributed by atoms with Crippen molar-refractivity contribution in [3.8, 4) is 0 Å². The van der Waals surface area contributed by atoms with Gasteiger partial charge in [0, 0.05) is 38.2 Å². The predicted octanol–water partition coefficient (Wildman–Crippen LogP) is 6.27. The molecule has 0 saturated carbocycles. The van der Waals surface area contributed by atoms with E-state index in [4.69, 9.17) is 0 Å². The van der Waals surface area contributed by atoms with Gasteiger partial charge in [0.2, 0.25) is 0 Å². The van der Waals surface area contributed by atoms with E-state index >= 15 is 0 Å². The van der Waals surface area contributed by atoms with Crippen LogP contribution in [-0.2, 0) is 32.7 Å². The molecule has 0 saturated heterocycles. The predicted molar refractivity (Wildman–Crippen MR) is 95.1 cm³/mol. The van der Waals surface area contributed by atoms with E-state index in [1.165, 1.54) is 0 Å². The van der Waals surface area contributed by atoms with Crippen LogP contribution < -0.4 is 4.90 Å². The Kier molecular flexibility index (Phi) is 13.8. The summed E-state index contributed by atoms with van der Waals surface area (Å²) in [6.45, 7) is 14.6. The average Bonchev–Trinajstić information content (AvgIpc) is 2.52. The van der Waals surface area contributed by atoms with Gasteiger partial charge in [-0.05, 0) is 20.8 Å². The van der Waals surface area contributed by atoms with E-state index < -0.39 is 0 Å². The maximum atomic E-state index is 3.28. The van der Waals surface area contributed by atoms with E-state index in [2.05, 4.69) is 49.9 Å². The number of anilines is 2. The van der Waals surface area contributed by atoms with Crippen LogP contribution in [0.5, 0.6) is 0 Å². The molecule has 0 fully saturated rings. The van der Waals surface area contributed by atoms with Gasteiger partial charge in [-0.3, -0.25) is 0 Å². The van der Waals surface area contributed by atoms with Gasteiger partial charge in [0.15, 0.2) is 0 Å². The third-order valence-electron chi connectivity index (χ3n) is 2.54. The quantitative estimate of drug-likeness (QED) is 0.561. The first kappa shape index (κ1) is 23.6. The monoisotopic (exact) mass is 372 g/mol. The third kappa shape index (κ3) is 7.56. The number of hydrogen-bond acceptors (Lipinski definition) is 1. The molecule has 119 valence electrons. The molecule has 22 heavy (non-hydrogen) atoms. The van der Waals surface area contributed by atoms with E-state index in [0.717, 1.165) is 11.4 Å². The van der Waals surface area contributed by atoms with Gasteiger partial charge in [-0.1, -0.05) is 39.1 Å². The summed E-state index contributed by atoms with van der Waals surface area (Å²) >= 11 is 0. The minimum Gasteiger partial charge on any atom is -0.383 e. The maximum Gasteiger partial charge on any atom is 0.0322 e.